The van der Waals surface area contributed by atoms with Crippen LogP contribution < -0.4 is 5.32 Å². The summed E-state index contributed by atoms with van der Waals surface area (Å²) in [6.07, 6.45) is 9.11. The molecule has 1 aromatic carbocycles. The molecule has 1 amide bonds. The van der Waals surface area contributed by atoms with Gasteiger partial charge in [-0.1, -0.05) is 46.8 Å². The van der Waals surface area contributed by atoms with Crippen LogP contribution in [0, 0.1) is 5.92 Å². The van der Waals surface area contributed by atoms with Gasteiger partial charge in [0.2, 0.25) is 0 Å². The number of likely N-dealkylation sites (tertiary alicyclic amines) is 1. The Bertz CT molecular complexity index is 566. The molecule has 1 saturated carbocycles. The largest absolute Gasteiger partial charge is 0.349 e. The molecule has 0 radical (unpaired) electrons. The van der Waals surface area contributed by atoms with Gasteiger partial charge in [-0.15, -0.1) is 0 Å². The summed E-state index contributed by atoms with van der Waals surface area (Å²) in [6.45, 7) is 3.43. The molecule has 0 aromatic heterocycles. The summed E-state index contributed by atoms with van der Waals surface area (Å²) in [4.78, 5) is 15.0. The molecular formula is C19H26BrClN2O. The number of hydrogen-bond acceptors (Lipinski definition) is 2. The summed E-state index contributed by atoms with van der Waals surface area (Å²) < 4.78 is 0.889. The van der Waals surface area contributed by atoms with Crippen molar-refractivity contribution in [3.8, 4) is 0 Å². The van der Waals surface area contributed by atoms with E-state index in [1.165, 1.54) is 38.6 Å². The summed E-state index contributed by atoms with van der Waals surface area (Å²) in [5, 5.41) is 3.65. The predicted octanol–water partition coefficient (Wildman–Crippen LogP) is 4.88. The zero-order valence-corrected chi connectivity index (χ0v) is 16.4. The van der Waals surface area contributed by atoms with Gasteiger partial charge < -0.3 is 10.2 Å². The Hall–Kier alpha value is -0.580. The molecule has 5 heteroatoms. The van der Waals surface area contributed by atoms with Crippen LogP contribution in [0.15, 0.2) is 22.7 Å². The molecular weight excluding hydrogens is 388 g/mol. The molecule has 3 nitrogen and oxygen atoms in total. The summed E-state index contributed by atoms with van der Waals surface area (Å²) in [6, 6.07) is 5.66. The van der Waals surface area contributed by atoms with Crippen LogP contribution in [0.25, 0.3) is 0 Å². The van der Waals surface area contributed by atoms with Crippen LogP contribution >= 0.6 is 27.5 Å². The molecule has 1 aliphatic carbocycles. The lowest BCUT2D eigenvalue weighted by Crippen LogP contribution is -2.46. The highest BCUT2D eigenvalue weighted by Crippen LogP contribution is 2.26. The molecule has 1 heterocycles. The van der Waals surface area contributed by atoms with Gasteiger partial charge in [-0.25, -0.2) is 0 Å². The lowest BCUT2D eigenvalue weighted by molar-refractivity contribution is 0.0901. The van der Waals surface area contributed by atoms with Crippen molar-refractivity contribution in [1.82, 2.24) is 10.2 Å². The quantitative estimate of drug-likeness (QED) is 0.763. The first kappa shape index (κ1) is 18.2. The molecule has 0 spiro atoms. The first-order valence-corrected chi connectivity index (χ1v) is 10.3. The van der Waals surface area contributed by atoms with Crippen molar-refractivity contribution < 1.29 is 4.79 Å². The molecule has 0 unspecified atom stereocenters. The second kappa shape index (κ2) is 8.68. The van der Waals surface area contributed by atoms with Gasteiger partial charge in [0.05, 0.1) is 10.6 Å². The number of halogens is 2. The maximum atomic E-state index is 12.4. The number of benzene rings is 1. The highest BCUT2D eigenvalue weighted by molar-refractivity contribution is 9.10. The second-order valence-corrected chi connectivity index (χ2v) is 8.50. The molecule has 132 valence electrons. The average molecular weight is 414 g/mol. The van der Waals surface area contributed by atoms with Gasteiger partial charge in [-0.3, -0.25) is 4.79 Å². The number of piperidine rings is 1. The Morgan fingerprint density at radius 3 is 2.54 bits per heavy atom. The SMILES string of the molecule is O=C(NC1CCN(CC2CCCCC2)CC1)c1ccc(Br)cc1Cl. The minimum Gasteiger partial charge on any atom is -0.349 e. The second-order valence-electron chi connectivity index (χ2n) is 7.18. The third-order valence-electron chi connectivity index (χ3n) is 5.34. The first-order chi connectivity index (χ1) is 11.6. The fourth-order valence-corrected chi connectivity index (χ4v) is 4.69. The fraction of sp³-hybridized carbons (Fsp3) is 0.632. The van der Waals surface area contributed by atoms with Crippen LogP contribution in [0.4, 0.5) is 0 Å². The summed E-state index contributed by atoms with van der Waals surface area (Å²) >= 11 is 9.54. The van der Waals surface area contributed by atoms with Gasteiger partial charge in [0.1, 0.15) is 0 Å². The highest BCUT2D eigenvalue weighted by Gasteiger charge is 2.24. The summed E-state index contributed by atoms with van der Waals surface area (Å²) in [5.41, 5.74) is 0.560. The van der Waals surface area contributed by atoms with Crippen molar-refractivity contribution in [2.24, 2.45) is 5.92 Å². The van der Waals surface area contributed by atoms with Crippen molar-refractivity contribution in [2.75, 3.05) is 19.6 Å². The lowest BCUT2D eigenvalue weighted by atomic mass is 9.88. The molecule has 1 saturated heterocycles. The lowest BCUT2D eigenvalue weighted by Gasteiger charge is -2.35. The zero-order chi connectivity index (χ0) is 16.9. The summed E-state index contributed by atoms with van der Waals surface area (Å²) in [7, 11) is 0. The van der Waals surface area contributed by atoms with Gasteiger partial charge in [0.25, 0.3) is 5.91 Å². The molecule has 0 bridgehead atoms. The molecule has 0 atom stereocenters. The molecule has 2 aliphatic rings. The van der Waals surface area contributed by atoms with E-state index in [9.17, 15) is 4.79 Å². The standard InChI is InChI=1S/C19H26BrClN2O/c20-15-6-7-17(18(21)12-15)19(24)22-16-8-10-23(11-9-16)13-14-4-2-1-3-5-14/h6-7,12,14,16H,1-5,8-11,13H2,(H,22,24). The third kappa shape index (κ3) is 4.96. The smallest absolute Gasteiger partial charge is 0.253 e. The minimum absolute atomic E-state index is 0.0572. The number of nitrogens with one attached hydrogen (secondary N) is 1. The van der Waals surface area contributed by atoms with Crippen molar-refractivity contribution in [3.63, 3.8) is 0 Å². The number of hydrogen-bond donors (Lipinski definition) is 1. The number of carbonyl (C=O) groups is 1. The van der Waals surface area contributed by atoms with E-state index in [-0.39, 0.29) is 11.9 Å². The summed E-state index contributed by atoms with van der Waals surface area (Å²) in [5.74, 6) is 0.838. The highest BCUT2D eigenvalue weighted by atomic mass is 79.9. The Morgan fingerprint density at radius 1 is 1.17 bits per heavy atom. The number of amides is 1. The average Bonchev–Trinajstić information content (AvgIpc) is 2.57. The maximum absolute atomic E-state index is 12.4. The van der Waals surface area contributed by atoms with E-state index in [4.69, 9.17) is 11.6 Å². The van der Waals surface area contributed by atoms with Crippen molar-refractivity contribution >= 4 is 33.4 Å². The monoisotopic (exact) mass is 412 g/mol. The molecule has 3 rings (SSSR count). The number of rotatable bonds is 4. The van der Waals surface area contributed by atoms with Crippen molar-refractivity contribution in [1.29, 1.82) is 0 Å². The molecule has 24 heavy (non-hydrogen) atoms. The topological polar surface area (TPSA) is 32.3 Å². The van der Waals surface area contributed by atoms with Crippen LogP contribution in [0.2, 0.25) is 5.02 Å². The Balaban J connectivity index is 1.45. The molecule has 1 aliphatic heterocycles. The van der Waals surface area contributed by atoms with E-state index in [0.29, 0.717) is 10.6 Å². The van der Waals surface area contributed by atoms with E-state index < -0.39 is 0 Å². The van der Waals surface area contributed by atoms with Gasteiger partial charge in [-0.2, -0.15) is 0 Å². The number of nitrogens with zero attached hydrogens (tertiary/aromatic N) is 1. The van der Waals surface area contributed by atoms with Gasteiger partial charge in [0.15, 0.2) is 0 Å². The van der Waals surface area contributed by atoms with Gasteiger partial charge in [0, 0.05) is 30.1 Å². The van der Waals surface area contributed by atoms with E-state index in [2.05, 4.69) is 26.1 Å². The van der Waals surface area contributed by atoms with E-state index in [1.807, 2.05) is 6.07 Å². The van der Waals surface area contributed by atoms with Crippen LogP contribution in [-0.4, -0.2) is 36.5 Å². The Labute approximate surface area is 158 Å². The Kier molecular flexibility index (Phi) is 6.59. The van der Waals surface area contributed by atoms with Crippen LogP contribution in [0.5, 0.6) is 0 Å². The molecule has 2 fully saturated rings. The minimum atomic E-state index is -0.0572. The van der Waals surface area contributed by atoms with Gasteiger partial charge in [-0.05, 0) is 49.8 Å². The molecule has 1 N–H and O–H groups in total. The van der Waals surface area contributed by atoms with Crippen LogP contribution in [-0.2, 0) is 0 Å². The fourth-order valence-electron chi connectivity index (χ4n) is 3.93. The van der Waals surface area contributed by atoms with Crippen molar-refractivity contribution in [3.05, 3.63) is 33.3 Å². The predicted molar refractivity (Wildman–Crippen MR) is 103 cm³/mol. The zero-order valence-electron chi connectivity index (χ0n) is 14.1. The number of carbonyl (C=O) groups excluding carboxylic acids is 1. The van der Waals surface area contributed by atoms with Crippen LogP contribution in [0.3, 0.4) is 0 Å². The molecule has 1 aromatic rings. The van der Waals surface area contributed by atoms with Crippen molar-refractivity contribution in [2.45, 2.75) is 51.0 Å². The van der Waals surface area contributed by atoms with E-state index in [1.54, 1.807) is 12.1 Å². The van der Waals surface area contributed by atoms with E-state index >= 15 is 0 Å². The Morgan fingerprint density at radius 2 is 1.88 bits per heavy atom. The maximum Gasteiger partial charge on any atom is 0.253 e. The first-order valence-electron chi connectivity index (χ1n) is 9.10. The third-order valence-corrected chi connectivity index (χ3v) is 6.15. The van der Waals surface area contributed by atoms with Gasteiger partial charge >= 0.3 is 0 Å². The van der Waals surface area contributed by atoms with Crippen LogP contribution in [0.1, 0.15) is 55.3 Å². The van der Waals surface area contributed by atoms with E-state index in [0.717, 1.165) is 36.3 Å². The normalized spacial score (nSPS) is 20.9.